The monoisotopic (exact) mass is 405 g/mol. The number of hydrogen-bond donors (Lipinski definition) is 3. The van der Waals surface area contributed by atoms with Crippen LogP contribution in [0.4, 0.5) is 10.5 Å². The van der Waals surface area contributed by atoms with E-state index in [0.717, 1.165) is 31.4 Å². The van der Waals surface area contributed by atoms with Crippen LogP contribution in [0.15, 0.2) is 30.3 Å². The third kappa shape index (κ3) is 4.74. The Kier molecular flexibility index (Phi) is 6.29. The Labute approximate surface area is 170 Å². The number of hydrogen-bond acceptors (Lipinski definition) is 5. The molecule has 4 rings (SSSR count). The fourth-order valence-electron chi connectivity index (χ4n) is 4.13. The molecule has 1 aromatic rings. The Hall–Kier alpha value is -1.90. The molecule has 2 saturated heterocycles. The summed E-state index contributed by atoms with van der Waals surface area (Å²) in [7, 11) is 0. The number of amides is 1. The fraction of sp³-hybridized carbons (Fsp3) is 0.600. The first kappa shape index (κ1) is 19.4. The molecule has 0 radical (unpaired) electrons. The predicted molar refractivity (Wildman–Crippen MR) is 109 cm³/mol. The van der Waals surface area contributed by atoms with Crippen LogP contribution in [0.5, 0.6) is 0 Å². The first-order valence-corrected chi connectivity index (χ1v) is 10.4. The molecule has 1 saturated carbocycles. The van der Waals surface area contributed by atoms with Gasteiger partial charge in [0.25, 0.3) is 0 Å². The molecule has 1 aliphatic carbocycles. The summed E-state index contributed by atoms with van der Waals surface area (Å²) in [4.78, 5) is 12.2. The Balaban J connectivity index is 1.24. The maximum absolute atomic E-state index is 12.2. The molecule has 28 heavy (non-hydrogen) atoms. The molecule has 0 spiro atoms. The SMILES string of the molecule is O=C(NC1CCCCC1)OC1COC2C(NC(=S)Nc3ccccc3)COC12. The van der Waals surface area contributed by atoms with Crippen LogP contribution in [-0.4, -0.2) is 54.8 Å². The summed E-state index contributed by atoms with van der Waals surface area (Å²) in [6, 6.07) is 9.88. The van der Waals surface area contributed by atoms with Crippen molar-refractivity contribution in [2.45, 2.75) is 62.5 Å². The van der Waals surface area contributed by atoms with Gasteiger partial charge in [0.15, 0.2) is 11.2 Å². The van der Waals surface area contributed by atoms with E-state index in [4.69, 9.17) is 26.4 Å². The second kappa shape index (κ2) is 9.07. The number of ether oxygens (including phenoxy) is 3. The maximum atomic E-state index is 12.2. The number of anilines is 1. The minimum atomic E-state index is -0.393. The summed E-state index contributed by atoms with van der Waals surface area (Å²) < 4.78 is 17.3. The van der Waals surface area contributed by atoms with Gasteiger partial charge in [0.05, 0.1) is 19.3 Å². The zero-order valence-corrected chi connectivity index (χ0v) is 16.6. The average Bonchev–Trinajstić information content (AvgIpc) is 3.27. The number of thiocarbonyl (C=S) groups is 1. The number of rotatable bonds is 4. The summed E-state index contributed by atoms with van der Waals surface area (Å²) in [5.41, 5.74) is 0.920. The molecule has 0 aromatic heterocycles. The lowest BCUT2D eigenvalue weighted by atomic mass is 9.96. The van der Waals surface area contributed by atoms with Gasteiger partial charge in [-0.2, -0.15) is 0 Å². The quantitative estimate of drug-likeness (QED) is 0.664. The number of carbonyl (C=O) groups is 1. The van der Waals surface area contributed by atoms with Crippen molar-refractivity contribution < 1.29 is 19.0 Å². The molecule has 1 amide bonds. The van der Waals surface area contributed by atoms with E-state index < -0.39 is 6.10 Å². The number of nitrogens with one attached hydrogen (secondary N) is 3. The van der Waals surface area contributed by atoms with E-state index in [1.54, 1.807) is 0 Å². The molecule has 0 bridgehead atoms. The maximum Gasteiger partial charge on any atom is 0.407 e. The average molecular weight is 406 g/mol. The molecule has 3 aliphatic rings. The lowest BCUT2D eigenvalue weighted by molar-refractivity contribution is 0.00277. The fourth-order valence-corrected chi connectivity index (χ4v) is 4.40. The summed E-state index contributed by atoms with van der Waals surface area (Å²) in [5, 5.41) is 9.90. The van der Waals surface area contributed by atoms with Crippen LogP contribution in [0.3, 0.4) is 0 Å². The predicted octanol–water partition coefficient (Wildman–Crippen LogP) is 2.57. The molecular weight excluding hydrogens is 378 g/mol. The van der Waals surface area contributed by atoms with Gasteiger partial charge in [-0.15, -0.1) is 0 Å². The second-order valence-electron chi connectivity index (χ2n) is 7.59. The zero-order chi connectivity index (χ0) is 19.3. The summed E-state index contributed by atoms with van der Waals surface area (Å²) in [6.45, 7) is 0.792. The van der Waals surface area contributed by atoms with Crippen LogP contribution >= 0.6 is 12.2 Å². The van der Waals surface area contributed by atoms with Crippen molar-refractivity contribution in [3.05, 3.63) is 30.3 Å². The van der Waals surface area contributed by atoms with Crippen LogP contribution in [0.2, 0.25) is 0 Å². The number of alkyl carbamates (subject to hydrolysis) is 1. The highest BCUT2D eigenvalue weighted by atomic mass is 32.1. The van der Waals surface area contributed by atoms with Gasteiger partial charge in [-0.25, -0.2) is 4.79 Å². The largest absolute Gasteiger partial charge is 0.441 e. The molecule has 7 nitrogen and oxygen atoms in total. The summed E-state index contributed by atoms with van der Waals surface area (Å²) in [6.07, 6.45) is 4.39. The molecule has 2 aliphatic heterocycles. The highest BCUT2D eigenvalue weighted by Gasteiger charge is 2.49. The molecule has 4 unspecified atom stereocenters. The number of carbonyl (C=O) groups excluding carboxylic acids is 1. The van der Waals surface area contributed by atoms with Crippen LogP contribution < -0.4 is 16.0 Å². The third-order valence-electron chi connectivity index (χ3n) is 5.54. The molecule has 4 atom stereocenters. The van der Waals surface area contributed by atoms with E-state index in [1.165, 1.54) is 6.42 Å². The van der Waals surface area contributed by atoms with E-state index in [-0.39, 0.29) is 30.4 Å². The number of fused-ring (bicyclic) bond motifs is 1. The standard InChI is InChI=1S/C20H27N3O4S/c24-20(22-14-9-5-2-6-10-14)27-16-12-26-17-15(11-25-18(16)17)23-19(28)21-13-7-3-1-4-8-13/h1,3-4,7-8,14-18H,2,5-6,9-12H2,(H,22,24)(H2,21,23,28). The first-order valence-electron chi connectivity index (χ1n) is 10.0. The van der Waals surface area contributed by atoms with Gasteiger partial charge in [-0.05, 0) is 37.2 Å². The van der Waals surface area contributed by atoms with Crippen molar-refractivity contribution in [3.8, 4) is 0 Å². The van der Waals surface area contributed by atoms with Crippen LogP contribution in [-0.2, 0) is 14.2 Å². The zero-order valence-electron chi connectivity index (χ0n) is 15.8. The van der Waals surface area contributed by atoms with E-state index >= 15 is 0 Å². The van der Waals surface area contributed by atoms with Gasteiger partial charge in [0.2, 0.25) is 0 Å². The second-order valence-corrected chi connectivity index (χ2v) is 8.00. The van der Waals surface area contributed by atoms with Gasteiger partial charge in [0, 0.05) is 11.7 Å². The number of benzene rings is 1. The van der Waals surface area contributed by atoms with E-state index in [9.17, 15) is 4.79 Å². The van der Waals surface area contributed by atoms with Crippen molar-refractivity contribution in [1.82, 2.24) is 10.6 Å². The van der Waals surface area contributed by atoms with Gasteiger partial charge < -0.3 is 30.2 Å². The van der Waals surface area contributed by atoms with Crippen molar-refractivity contribution in [1.29, 1.82) is 0 Å². The molecule has 3 N–H and O–H groups in total. The lowest BCUT2D eigenvalue weighted by Crippen LogP contribution is -2.46. The summed E-state index contributed by atoms with van der Waals surface area (Å²) in [5.74, 6) is 0. The summed E-state index contributed by atoms with van der Waals surface area (Å²) >= 11 is 5.39. The van der Waals surface area contributed by atoms with Crippen molar-refractivity contribution >= 4 is 29.1 Å². The van der Waals surface area contributed by atoms with E-state index in [1.807, 2.05) is 30.3 Å². The van der Waals surface area contributed by atoms with Crippen molar-refractivity contribution in [2.24, 2.45) is 0 Å². The minimum Gasteiger partial charge on any atom is -0.441 e. The normalized spacial score (nSPS) is 29.7. The first-order chi connectivity index (χ1) is 13.7. The molecule has 3 fully saturated rings. The Morgan fingerprint density at radius 1 is 1.00 bits per heavy atom. The van der Waals surface area contributed by atoms with Gasteiger partial charge >= 0.3 is 6.09 Å². The Morgan fingerprint density at radius 2 is 1.75 bits per heavy atom. The molecular formula is C20H27N3O4S. The minimum absolute atomic E-state index is 0.0799. The van der Waals surface area contributed by atoms with Gasteiger partial charge in [-0.3, -0.25) is 0 Å². The lowest BCUT2D eigenvalue weighted by Gasteiger charge is -2.24. The molecule has 1 aromatic carbocycles. The van der Waals surface area contributed by atoms with Crippen LogP contribution in [0, 0.1) is 0 Å². The van der Waals surface area contributed by atoms with E-state index in [0.29, 0.717) is 18.3 Å². The Morgan fingerprint density at radius 3 is 2.54 bits per heavy atom. The van der Waals surface area contributed by atoms with Crippen LogP contribution in [0.1, 0.15) is 32.1 Å². The van der Waals surface area contributed by atoms with Crippen LogP contribution in [0.25, 0.3) is 0 Å². The molecule has 152 valence electrons. The van der Waals surface area contributed by atoms with Crippen molar-refractivity contribution in [3.63, 3.8) is 0 Å². The third-order valence-corrected chi connectivity index (χ3v) is 5.76. The van der Waals surface area contributed by atoms with Crippen molar-refractivity contribution in [2.75, 3.05) is 18.5 Å². The Bertz CT molecular complexity index is 683. The molecule has 2 heterocycles. The number of para-hydroxylation sites is 1. The molecule has 8 heteroatoms. The van der Waals surface area contributed by atoms with Gasteiger partial charge in [0.1, 0.15) is 12.2 Å². The topological polar surface area (TPSA) is 80.9 Å². The van der Waals surface area contributed by atoms with E-state index in [2.05, 4.69) is 16.0 Å². The highest BCUT2D eigenvalue weighted by Crippen LogP contribution is 2.29. The van der Waals surface area contributed by atoms with Gasteiger partial charge in [-0.1, -0.05) is 37.5 Å². The smallest absolute Gasteiger partial charge is 0.407 e. The highest BCUT2D eigenvalue weighted by molar-refractivity contribution is 7.80.